The zero-order valence-electron chi connectivity index (χ0n) is 20.7. The highest BCUT2D eigenvalue weighted by molar-refractivity contribution is 7.98. The molecule has 1 fully saturated rings. The molecule has 1 aliphatic heterocycles. The minimum Gasteiger partial charge on any atom is -0.497 e. The van der Waals surface area contributed by atoms with Gasteiger partial charge < -0.3 is 14.9 Å². The Labute approximate surface area is 215 Å². The summed E-state index contributed by atoms with van der Waals surface area (Å²) in [5.74, 6) is -1.90. The zero-order valence-corrected chi connectivity index (χ0v) is 22.3. The van der Waals surface area contributed by atoms with Gasteiger partial charge in [-0.05, 0) is 50.6 Å². The fraction of sp³-hybridized carbons (Fsp3) is 0.440. The first-order valence-corrected chi connectivity index (χ1v) is 14.0. The van der Waals surface area contributed by atoms with Gasteiger partial charge in [0.2, 0.25) is 5.79 Å². The van der Waals surface area contributed by atoms with Crippen LogP contribution in [0.15, 0.2) is 53.4 Å². The Morgan fingerprint density at radius 2 is 1.78 bits per heavy atom. The van der Waals surface area contributed by atoms with E-state index >= 15 is 0 Å². The minimum absolute atomic E-state index is 0.163. The largest absolute Gasteiger partial charge is 0.521 e. The monoisotopic (exact) mass is 538 g/mol. The van der Waals surface area contributed by atoms with E-state index in [0.29, 0.717) is 11.5 Å². The highest BCUT2D eigenvalue weighted by Crippen LogP contribution is 2.39. The standard InChI is InChI=1S/C25H31NO8S2/c1-17-5-11-22(12-6-17)36(31,32)34-25(30)13-19(3)26(16-25,24(28)29)23(27)18(2)14-35-15-20-7-9-21(33-4)10-8-20/h5-12,18-19,30H,13-16H2,1-4H3/p+1/t18?,19?,25-,26+/m1/s1. The Kier molecular flexibility index (Phi) is 8.51. The molecule has 2 unspecified atom stereocenters. The normalized spacial score (nSPS) is 24.9. The molecule has 36 heavy (non-hydrogen) atoms. The first-order valence-electron chi connectivity index (χ1n) is 11.4. The van der Waals surface area contributed by atoms with Crippen LogP contribution in [0, 0.1) is 12.8 Å². The Morgan fingerprint density at radius 1 is 1.17 bits per heavy atom. The average molecular weight is 539 g/mol. The molecule has 2 amide bonds. The second kappa shape index (κ2) is 10.9. The second-order valence-corrected chi connectivity index (χ2v) is 11.8. The number of quaternary nitrogens is 1. The van der Waals surface area contributed by atoms with E-state index in [1.54, 1.807) is 33.1 Å². The second-order valence-electron chi connectivity index (χ2n) is 9.26. The van der Waals surface area contributed by atoms with Crippen LogP contribution < -0.4 is 4.74 Å². The third-order valence-corrected chi connectivity index (χ3v) is 9.04. The SMILES string of the molecule is COc1ccc(CSCC(C)C(=O)[N@+]2(C(=O)O)C[C@](O)(OS(=O)(=O)c3ccc(C)cc3)CC2C)cc1. The molecule has 0 bridgehead atoms. The van der Waals surface area contributed by atoms with Gasteiger partial charge >= 0.3 is 12.0 Å². The number of rotatable bonds is 9. The number of nitrogens with zero attached hydrogens (tertiary/aromatic N) is 1. The van der Waals surface area contributed by atoms with Gasteiger partial charge in [-0.2, -0.15) is 29.5 Å². The maximum atomic E-state index is 13.5. The number of hydrogen-bond donors (Lipinski definition) is 2. The Morgan fingerprint density at radius 3 is 2.33 bits per heavy atom. The molecule has 196 valence electrons. The van der Waals surface area contributed by atoms with Gasteiger partial charge in [0.1, 0.15) is 11.8 Å². The van der Waals surface area contributed by atoms with Gasteiger partial charge in [-0.1, -0.05) is 29.8 Å². The topological polar surface area (TPSA) is 127 Å². The number of methoxy groups -OCH3 is 1. The average Bonchev–Trinajstić information content (AvgIpc) is 3.09. The van der Waals surface area contributed by atoms with Crippen molar-refractivity contribution in [3.8, 4) is 5.75 Å². The number of thioether (sulfide) groups is 1. The lowest BCUT2D eigenvalue weighted by Crippen LogP contribution is -2.62. The third kappa shape index (κ3) is 5.92. The van der Waals surface area contributed by atoms with Crippen LogP contribution in [-0.2, 0) is 24.8 Å². The van der Waals surface area contributed by atoms with Crippen molar-refractivity contribution in [2.24, 2.45) is 5.92 Å². The van der Waals surface area contributed by atoms with Crippen molar-refractivity contribution in [3.63, 3.8) is 0 Å². The lowest BCUT2D eigenvalue weighted by atomic mass is 10.1. The van der Waals surface area contributed by atoms with E-state index in [1.807, 2.05) is 24.3 Å². The van der Waals surface area contributed by atoms with Crippen LogP contribution in [0.1, 0.15) is 31.4 Å². The number of benzene rings is 2. The fourth-order valence-electron chi connectivity index (χ4n) is 4.43. The molecule has 0 aromatic heterocycles. The van der Waals surface area contributed by atoms with Crippen molar-refractivity contribution in [3.05, 3.63) is 59.7 Å². The quantitative estimate of drug-likeness (QED) is 0.278. The van der Waals surface area contributed by atoms with Crippen LogP contribution >= 0.6 is 11.8 Å². The summed E-state index contributed by atoms with van der Waals surface area (Å²) in [5.41, 5.74) is 1.87. The number of carboxylic acid groups (broad SMARTS) is 1. The molecule has 0 saturated carbocycles. The lowest BCUT2D eigenvalue weighted by molar-refractivity contribution is -0.798. The van der Waals surface area contributed by atoms with Crippen molar-refractivity contribution in [2.45, 2.75) is 49.7 Å². The first kappa shape index (κ1) is 28.1. The molecule has 9 nitrogen and oxygen atoms in total. The summed E-state index contributed by atoms with van der Waals surface area (Å²) in [4.78, 5) is 25.7. The Hall–Kier alpha value is -2.44. The van der Waals surface area contributed by atoms with Crippen LogP contribution in [0.25, 0.3) is 0 Å². The maximum Gasteiger partial charge on any atom is 0.521 e. The minimum atomic E-state index is -4.39. The number of amides is 2. The van der Waals surface area contributed by atoms with Gasteiger partial charge in [0.25, 0.3) is 10.1 Å². The predicted octanol–water partition coefficient (Wildman–Crippen LogP) is 3.78. The van der Waals surface area contributed by atoms with E-state index in [0.717, 1.165) is 16.9 Å². The highest BCUT2D eigenvalue weighted by Gasteiger charge is 2.64. The Balaban J connectivity index is 1.72. The summed E-state index contributed by atoms with van der Waals surface area (Å²) in [6.45, 7) is 4.23. The number of likely N-dealkylation sites (tertiary alicyclic amines) is 1. The number of imide groups is 1. The number of carbonyl (C=O) groups is 2. The molecule has 1 aliphatic rings. The molecule has 0 radical (unpaired) electrons. The highest BCUT2D eigenvalue weighted by atomic mass is 32.2. The lowest BCUT2D eigenvalue weighted by Gasteiger charge is -2.32. The molecule has 1 saturated heterocycles. The van der Waals surface area contributed by atoms with Crippen molar-refractivity contribution < 1.29 is 41.6 Å². The molecule has 4 atom stereocenters. The molecular weight excluding hydrogens is 506 g/mol. The number of aryl methyl sites for hydroxylation is 1. The number of aliphatic hydroxyl groups is 1. The Bertz CT molecular complexity index is 1200. The molecule has 2 aromatic rings. The fourth-order valence-corrected chi connectivity index (χ4v) is 6.57. The summed E-state index contributed by atoms with van der Waals surface area (Å²) in [7, 11) is -2.81. The summed E-state index contributed by atoms with van der Waals surface area (Å²) in [5, 5.41) is 21.1. The summed E-state index contributed by atoms with van der Waals surface area (Å²) in [6, 6.07) is 12.5. The molecule has 1 heterocycles. The summed E-state index contributed by atoms with van der Waals surface area (Å²) >= 11 is 1.48. The van der Waals surface area contributed by atoms with Crippen molar-refractivity contribution in [1.29, 1.82) is 0 Å². The molecule has 2 aromatic carbocycles. The van der Waals surface area contributed by atoms with Gasteiger partial charge in [0.15, 0.2) is 6.54 Å². The number of hydrogen-bond acceptors (Lipinski definition) is 8. The first-order chi connectivity index (χ1) is 16.8. The van der Waals surface area contributed by atoms with E-state index < -0.39 is 50.9 Å². The smallest absolute Gasteiger partial charge is 0.497 e. The van der Waals surface area contributed by atoms with E-state index in [2.05, 4.69) is 0 Å². The van der Waals surface area contributed by atoms with Gasteiger partial charge in [-0.25, -0.2) is 8.98 Å². The van der Waals surface area contributed by atoms with Crippen LogP contribution in [0.4, 0.5) is 4.79 Å². The van der Waals surface area contributed by atoms with Gasteiger partial charge in [-0.15, -0.1) is 0 Å². The van der Waals surface area contributed by atoms with Gasteiger partial charge in [0, 0.05) is 11.5 Å². The van der Waals surface area contributed by atoms with Crippen LogP contribution in [0.3, 0.4) is 0 Å². The summed E-state index contributed by atoms with van der Waals surface area (Å²) in [6.07, 6.45) is -1.78. The predicted molar refractivity (Wildman–Crippen MR) is 135 cm³/mol. The van der Waals surface area contributed by atoms with Gasteiger partial charge in [-0.3, -0.25) is 0 Å². The maximum absolute atomic E-state index is 13.5. The van der Waals surface area contributed by atoms with Crippen molar-refractivity contribution in [1.82, 2.24) is 0 Å². The molecule has 11 heteroatoms. The van der Waals surface area contributed by atoms with Crippen LogP contribution in [0.2, 0.25) is 0 Å². The molecule has 2 N–H and O–H groups in total. The molecular formula is C25H32NO8S2+. The van der Waals surface area contributed by atoms with Crippen molar-refractivity contribution >= 4 is 33.9 Å². The number of ether oxygens (including phenoxy) is 1. The molecule has 0 aliphatic carbocycles. The molecule has 0 spiro atoms. The van der Waals surface area contributed by atoms with E-state index in [1.165, 1.54) is 30.8 Å². The molecule has 3 rings (SSSR count). The van der Waals surface area contributed by atoms with Gasteiger partial charge in [0.05, 0.1) is 24.3 Å². The van der Waals surface area contributed by atoms with Crippen LogP contribution in [0.5, 0.6) is 5.75 Å². The summed E-state index contributed by atoms with van der Waals surface area (Å²) < 4.78 is 34.8. The van der Waals surface area contributed by atoms with E-state index in [-0.39, 0.29) is 11.3 Å². The van der Waals surface area contributed by atoms with E-state index in [9.17, 15) is 28.2 Å². The zero-order chi connectivity index (χ0) is 26.7. The van der Waals surface area contributed by atoms with Crippen LogP contribution in [-0.4, -0.2) is 66.4 Å². The van der Waals surface area contributed by atoms with Crippen molar-refractivity contribution in [2.75, 3.05) is 19.4 Å². The third-order valence-electron chi connectivity index (χ3n) is 6.39. The van der Waals surface area contributed by atoms with E-state index in [4.69, 9.17) is 8.92 Å². The number of carbonyl (C=O) groups excluding carboxylic acids is 1.